The molecule has 3 rings (SSSR count). The van der Waals surface area contributed by atoms with Gasteiger partial charge >= 0.3 is 5.97 Å². The van der Waals surface area contributed by atoms with Gasteiger partial charge in [0.25, 0.3) is 10.0 Å². The van der Waals surface area contributed by atoms with Crippen molar-refractivity contribution in [2.24, 2.45) is 5.92 Å². The fourth-order valence-electron chi connectivity index (χ4n) is 3.22. The van der Waals surface area contributed by atoms with Gasteiger partial charge in [-0.25, -0.2) is 13.2 Å². The van der Waals surface area contributed by atoms with Gasteiger partial charge in [-0.3, -0.25) is 4.31 Å². The summed E-state index contributed by atoms with van der Waals surface area (Å²) in [6.45, 7) is 3.70. The highest BCUT2D eigenvalue weighted by Crippen LogP contribution is 2.35. The van der Waals surface area contributed by atoms with Gasteiger partial charge in [-0.2, -0.15) is 0 Å². The van der Waals surface area contributed by atoms with Crippen molar-refractivity contribution in [3.63, 3.8) is 0 Å². The maximum atomic E-state index is 13.5. The third-order valence-electron chi connectivity index (χ3n) is 4.70. The third kappa shape index (κ3) is 5.99. The first kappa shape index (κ1) is 24.9. The van der Waals surface area contributed by atoms with Gasteiger partial charge in [-0.05, 0) is 53.4 Å². The minimum Gasteiger partial charge on any atom is -0.482 e. The van der Waals surface area contributed by atoms with Crippen LogP contribution in [0.1, 0.15) is 13.8 Å². The second-order valence-corrected chi connectivity index (χ2v) is 10.3. The molecule has 0 spiro atoms. The average Bonchev–Trinajstić information content (AvgIpc) is 2.76. The first-order chi connectivity index (χ1) is 15.6. The molecule has 0 aliphatic rings. The molecule has 0 atom stereocenters. The number of carboxylic acids is 1. The molecule has 3 aromatic rings. The quantitative estimate of drug-likeness (QED) is 0.385. The Morgan fingerprint density at radius 2 is 1.45 bits per heavy atom. The molecule has 174 valence electrons. The smallest absolute Gasteiger partial charge is 0.341 e. The Balaban J connectivity index is 1.92. The third-order valence-corrected chi connectivity index (χ3v) is 7.45. The van der Waals surface area contributed by atoms with E-state index in [1.54, 1.807) is 42.5 Å². The van der Waals surface area contributed by atoms with Gasteiger partial charge in [-0.1, -0.05) is 67.4 Å². The molecule has 1 N–H and O–H groups in total. The molecule has 0 aromatic heterocycles. The lowest BCUT2D eigenvalue weighted by Gasteiger charge is -2.27. The van der Waals surface area contributed by atoms with Crippen molar-refractivity contribution in [3.8, 4) is 16.9 Å². The summed E-state index contributed by atoms with van der Waals surface area (Å²) in [7, 11) is -4.00. The lowest BCUT2D eigenvalue weighted by atomic mass is 10.1. The van der Waals surface area contributed by atoms with Crippen LogP contribution in [0.25, 0.3) is 11.1 Å². The monoisotopic (exact) mass is 507 g/mol. The van der Waals surface area contributed by atoms with Crippen molar-refractivity contribution < 1.29 is 23.1 Å². The number of hydrogen-bond donors (Lipinski definition) is 1. The SMILES string of the molecule is CC(C)CN(c1ccc(-c2ccc(OCC(=O)O)cc2)cc1)S(=O)(=O)c1c(Cl)cccc1Cl. The van der Waals surface area contributed by atoms with Crippen LogP contribution in [0, 0.1) is 5.92 Å². The van der Waals surface area contributed by atoms with Crippen LogP contribution in [0.5, 0.6) is 5.75 Å². The number of anilines is 1. The molecule has 0 saturated heterocycles. The molecule has 6 nitrogen and oxygen atoms in total. The van der Waals surface area contributed by atoms with E-state index in [1.165, 1.54) is 16.4 Å². The molecular formula is C24H23Cl2NO5S. The summed E-state index contributed by atoms with van der Waals surface area (Å²) >= 11 is 12.4. The largest absolute Gasteiger partial charge is 0.482 e. The highest BCUT2D eigenvalue weighted by Gasteiger charge is 2.30. The number of ether oxygens (including phenoxy) is 1. The number of carbonyl (C=O) groups is 1. The maximum Gasteiger partial charge on any atom is 0.341 e. The fourth-order valence-corrected chi connectivity index (χ4v) is 5.95. The van der Waals surface area contributed by atoms with Crippen molar-refractivity contribution in [1.29, 1.82) is 0 Å². The van der Waals surface area contributed by atoms with Crippen LogP contribution in [-0.2, 0) is 14.8 Å². The molecule has 33 heavy (non-hydrogen) atoms. The van der Waals surface area contributed by atoms with E-state index in [9.17, 15) is 13.2 Å². The number of benzene rings is 3. The van der Waals surface area contributed by atoms with Gasteiger partial charge in [0, 0.05) is 6.54 Å². The molecule has 0 radical (unpaired) electrons. The number of carboxylic acid groups (broad SMARTS) is 1. The summed E-state index contributed by atoms with van der Waals surface area (Å²) in [5, 5.41) is 8.84. The first-order valence-corrected chi connectivity index (χ1v) is 12.3. The summed E-state index contributed by atoms with van der Waals surface area (Å²) in [6, 6.07) is 18.7. The van der Waals surface area contributed by atoms with Crippen LogP contribution >= 0.6 is 23.2 Å². The van der Waals surface area contributed by atoms with E-state index in [2.05, 4.69) is 0 Å². The van der Waals surface area contributed by atoms with E-state index in [1.807, 2.05) is 26.0 Å². The van der Waals surface area contributed by atoms with Gasteiger partial charge < -0.3 is 9.84 Å². The topological polar surface area (TPSA) is 83.9 Å². The molecule has 0 saturated carbocycles. The highest BCUT2D eigenvalue weighted by molar-refractivity contribution is 7.93. The van der Waals surface area contributed by atoms with E-state index >= 15 is 0 Å². The van der Waals surface area contributed by atoms with Gasteiger partial charge in [0.05, 0.1) is 15.7 Å². The Bertz CT molecular complexity index is 1210. The number of sulfonamides is 1. The summed E-state index contributed by atoms with van der Waals surface area (Å²) in [6.07, 6.45) is 0. The van der Waals surface area contributed by atoms with E-state index in [4.69, 9.17) is 33.0 Å². The normalized spacial score (nSPS) is 11.4. The van der Waals surface area contributed by atoms with Crippen LogP contribution in [0.15, 0.2) is 71.6 Å². The Kier molecular flexibility index (Phi) is 7.89. The highest BCUT2D eigenvalue weighted by atomic mass is 35.5. The Labute approximate surface area is 203 Å². The van der Waals surface area contributed by atoms with Crippen LogP contribution in [0.4, 0.5) is 5.69 Å². The molecule has 0 aliphatic carbocycles. The van der Waals surface area contributed by atoms with Crippen molar-refractivity contribution in [1.82, 2.24) is 0 Å². The van der Waals surface area contributed by atoms with E-state index in [0.717, 1.165) is 11.1 Å². The second-order valence-electron chi connectivity index (χ2n) is 7.73. The first-order valence-electron chi connectivity index (χ1n) is 10.1. The van der Waals surface area contributed by atoms with Crippen molar-refractivity contribution in [2.75, 3.05) is 17.5 Å². The number of halogens is 2. The van der Waals surface area contributed by atoms with Crippen LogP contribution in [-0.4, -0.2) is 32.6 Å². The number of aliphatic carboxylic acids is 1. The van der Waals surface area contributed by atoms with Gasteiger partial charge in [-0.15, -0.1) is 0 Å². The van der Waals surface area contributed by atoms with Crippen molar-refractivity contribution in [3.05, 3.63) is 76.8 Å². The number of rotatable bonds is 9. The zero-order chi connectivity index (χ0) is 24.2. The summed E-state index contributed by atoms with van der Waals surface area (Å²) in [4.78, 5) is 10.5. The molecule has 0 aliphatic heterocycles. The second kappa shape index (κ2) is 10.5. The predicted molar refractivity (Wildman–Crippen MR) is 131 cm³/mol. The lowest BCUT2D eigenvalue weighted by molar-refractivity contribution is -0.139. The van der Waals surface area contributed by atoms with Gasteiger partial charge in [0.2, 0.25) is 0 Å². The van der Waals surface area contributed by atoms with Gasteiger partial charge in [0.15, 0.2) is 6.61 Å². The molecular weight excluding hydrogens is 485 g/mol. The van der Waals surface area contributed by atoms with Gasteiger partial charge in [0.1, 0.15) is 10.6 Å². The van der Waals surface area contributed by atoms with Crippen molar-refractivity contribution >= 4 is 44.9 Å². The molecule has 0 bridgehead atoms. The minimum atomic E-state index is -4.00. The maximum absolute atomic E-state index is 13.5. The summed E-state index contributed by atoms with van der Waals surface area (Å²) in [5.41, 5.74) is 2.22. The molecule has 9 heteroatoms. The number of hydrogen-bond acceptors (Lipinski definition) is 4. The molecule has 3 aromatic carbocycles. The molecule has 0 amide bonds. The van der Waals surface area contributed by atoms with Crippen molar-refractivity contribution in [2.45, 2.75) is 18.7 Å². The van der Waals surface area contributed by atoms with Crippen LogP contribution in [0.3, 0.4) is 0 Å². The van der Waals surface area contributed by atoms with E-state index < -0.39 is 22.6 Å². The minimum absolute atomic E-state index is 0.0547. The van der Waals surface area contributed by atoms with E-state index in [-0.39, 0.29) is 27.4 Å². The standard InChI is InChI=1S/C24H23Cl2NO5S/c1-16(2)14-27(33(30,31)24-21(25)4-3-5-22(24)26)19-10-6-17(7-11-19)18-8-12-20(13-9-18)32-15-23(28)29/h3-13,16H,14-15H2,1-2H3,(H,28,29). The Morgan fingerprint density at radius 3 is 1.94 bits per heavy atom. The molecule has 0 unspecified atom stereocenters. The zero-order valence-electron chi connectivity index (χ0n) is 18.0. The summed E-state index contributed by atoms with van der Waals surface area (Å²) < 4.78 is 33.5. The lowest BCUT2D eigenvalue weighted by Crippen LogP contribution is -2.34. The number of nitrogens with zero attached hydrogens (tertiary/aromatic N) is 1. The Hall–Kier alpha value is -2.74. The Morgan fingerprint density at radius 1 is 0.939 bits per heavy atom. The summed E-state index contributed by atoms with van der Waals surface area (Å²) in [5.74, 6) is -0.545. The zero-order valence-corrected chi connectivity index (χ0v) is 20.4. The molecule has 0 heterocycles. The van der Waals surface area contributed by atoms with E-state index in [0.29, 0.717) is 11.4 Å². The predicted octanol–water partition coefficient (Wildman–Crippen LogP) is 5.98. The molecule has 0 fully saturated rings. The van der Waals surface area contributed by atoms with Crippen LogP contribution < -0.4 is 9.04 Å². The van der Waals surface area contributed by atoms with Crippen LogP contribution in [0.2, 0.25) is 10.0 Å². The fraction of sp³-hybridized carbons (Fsp3) is 0.208. The average molecular weight is 508 g/mol.